The fraction of sp³-hybridized carbons (Fsp3) is 0.909. The second kappa shape index (κ2) is 5.70. The van der Waals surface area contributed by atoms with E-state index in [0.29, 0.717) is 19.4 Å². The summed E-state index contributed by atoms with van der Waals surface area (Å²) in [7, 11) is -2.36. The van der Waals surface area contributed by atoms with Gasteiger partial charge in [0.15, 0.2) is 13.2 Å². The van der Waals surface area contributed by atoms with E-state index in [1.807, 2.05) is 0 Å². The van der Waals surface area contributed by atoms with Gasteiger partial charge in [0.2, 0.25) is 0 Å². The Morgan fingerprint density at radius 1 is 1.28 bits per heavy atom. The highest BCUT2D eigenvalue weighted by atomic mass is 31.1. The molecule has 2 fully saturated rings. The highest BCUT2D eigenvalue weighted by Gasteiger charge is 2.45. The maximum atomic E-state index is 12.4. The molecule has 0 aromatic rings. The molecule has 6 nitrogen and oxygen atoms in total. The van der Waals surface area contributed by atoms with Crippen molar-refractivity contribution in [1.29, 1.82) is 0 Å². The molecular weight excluding hydrogens is 251 g/mol. The Morgan fingerprint density at radius 3 is 2.61 bits per heavy atom. The first kappa shape index (κ1) is 14.0. The Hall–Kier alpha value is -0.420. The van der Waals surface area contributed by atoms with Gasteiger partial charge < -0.3 is 10.3 Å². The lowest BCUT2D eigenvalue weighted by molar-refractivity contribution is -0.136. The van der Waals surface area contributed by atoms with E-state index in [9.17, 15) is 9.36 Å². The minimum absolute atomic E-state index is 0.242. The van der Waals surface area contributed by atoms with Crippen LogP contribution in [0, 0.1) is 0 Å². The van der Waals surface area contributed by atoms with E-state index >= 15 is 0 Å². The first-order valence-corrected chi connectivity index (χ1v) is 8.11. The number of nitrogens with one attached hydrogen (secondary N) is 1. The van der Waals surface area contributed by atoms with Crippen LogP contribution in [-0.2, 0) is 9.36 Å². The van der Waals surface area contributed by atoms with E-state index in [4.69, 9.17) is 11.6 Å². The van der Waals surface area contributed by atoms with Crippen LogP contribution in [0.15, 0.2) is 0 Å². The van der Waals surface area contributed by atoms with Crippen molar-refractivity contribution in [3.8, 4) is 0 Å². The molecular formula is C11H23N4O2P. The van der Waals surface area contributed by atoms with Crippen LogP contribution in [0.3, 0.4) is 0 Å². The van der Waals surface area contributed by atoms with Crippen LogP contribution >= 0.6 is 7.95 Å². The quantitative estimate of drug-likeness (QED) is 0.396. The van der Waals surface area contributed by atoms with Crippen molar-refractivity contribution in [2.45, 2.75) is 56.3 Å². The van der Waals surface area contributed by atoms with E-state index in [1.54, 1.807) is 0 Å². The Morgan fingerprint density at radius 2 is 1.94 bits per heavy atom. The zero-order chi connectivity index (χ0) is 13.2. The number of carbonyl (C=O) groups excluding carboxylic acids is 1. The molecule has 1 amide bonds. The molecule has 0 aromatic carbocycles. The third kappa shape index (κ3) is 2.77. The number of hydrogen-bond donors (Lipinski definition) is 3. The first-order chi connectivity index (χ1) is 8.54. The minimum atomic E-state index is -2.36. The summed E-state index contributed by atoms with van der Waals surface area (Å²) in [6.07, 6.45) is 6.75. The molecule has 1 heterocycles. The molecule has 7 heteroatoms. The predicted octanol–water partition coefficient (Wildman–Crippen LogP) is 0.534. The van der Waals surface area contributed by atoms with Gasteiger partial charge in [0.05, 0.1) is 0 Å². The summed E-state index contributed by atoms with van der Waals surface area (Å²) in [5.74, 6) is 5.19. The molecule has 5 N–H and O–H groups in total. The van der Waals surface area contributed by atoms with Crippen LogP contribution in [0.25, 0.3) is 0 Å². The van der Waals surface area contributed by atoms with Crippen LogP contribution in [-0.4, -0.2) is 28.8 Å². The number of rotatable bonds is 3. The van der Waals surface area contributed by atoms with Gasteiger partial charge in [-0.05, 0) is 25.7 Å². The third-order valence-corrected chi connectivity index (χ3v) is 5.90. The van der Waals surface area contributed by atoms with E-state index in [0.717, 1.165) is 30.7 Å². The van der Waals surface area contributed by atoms with E-state index < -0.39 is 13.2 Å². The number of amides is 1. The molecule has 2 atom stereocenters. The Labute approximate surface area is 108 Å². The molecule has 1 saturated carbocycles. The van der Waals surface area contributed by atoms with Crippen molar-refractivity contribution in [2.75, 3.05) is 6.54 Å². The van der Waals surface area contributed by atoms with Crippen molar-refractivity contribution in [3.63, 3.8) is 0 Å². The van der Waals surface area contributed by atoms with Gasteiger partial charge in [-0.3, -0.25) is 14.9 Å². The van der Waals surface area contributed by atoms with Crippen LogP contribution < -0.4 is 16.7 Å². The summed E-state index contributed by atoms with van der Waals surface area (Å²) in [5, 5.41) is 2.92. The summed E-state index contributed by atoms with van der Waals surface area (Å²) in [5.41, 5.74) is 6.05. The standard InChI is InChI=1S/C11H23N4O2P/c12-11(7-4-8-15(13)10(11)16)18(17)14-9-5-2-1-3-6-9/h9,18H,1-8,12-13H2,(H,14,17)/t11-/m0/s1. The minimum Gasteiger partial charge on any atom is -0.310 e. The molecule has 1 saturated heterocycles. The Balaban J connectivity index is 1.99. The fourth-order valence-corrected chi connectivity index (χ4v) is 4.42. The predicted molar refractivity (Wildman–Crippen MR) is 71.1 cm³/mol. The fourth-order valence-electron chi connectivity index (χ4n) is 2.76. The van der Waals surface area contributed by atoms with Crippen LogP contribution in [0.1, 0.15) is 44.9 Å². The number of piperidine rings is 1. The smallest absolute Gasteiger partial charge is 0.265 e. The van der Waals surface area contributed by atoms with Crippen LogP contribution in [0.2, 0.25) is 0 Å². The number of carbonyl (C=O) groups is 1. The zero-order valence-electron chi connectivity index (χ0n) is 10.7. The molecule has 1 aliphatic heterocycles. The average Bonchev–Trinajstić information content (AvgIpc) is 2.37. The highest BCUT2D eigenvalue weighted by molar-refractivity contribution is 7.45. The maximum absolute atomic E-state index is 12.4. The largest absolute Gasteiger partial charge is 0.310 e. The number of nitrogens with zero attached hydrogens (tertiary/aromatic N) is 1. The van der Waals surface area contributed by atoms with Gasteiger partial charge in [-0.2, -0.15) is 0 Å². The number of hydrazine groups is 1. The van der Waals surface area contributed by atoms with Gasteiger partial charge in [-0.25, -0.2) is 5.84 Å². The van der Waals surface area contributed by atoms with Gasteiger partial charge in [0.25, 0.3) is 5.91 Å². The highest BCUT2D eigenvalue weighted by Crippen LogP contribution is 2.40. The first-order valence-electron chi connectivity index (χ1n) is 6.70. The molecule has 2 rings (SSSR count). The molecule has 1 aliphatic carbocycles. The monoisotopic (exact) mass is 274 g/mol. The Bertz CT molecular complexity index is 346. The van der Waals surface area contributed by atoms with Crippen LogP contribution in [0.5, 0.6) is 0 Å². The topological polar surface area (TPSA) is 101 Å². The molecule has 0 bridgehead atoms. The number of hydrogen-bond acceptors (Lipinski definition) is 4. The normalized spacial score (nSPS) is 32.6. The number of nitrogens with two attached hydrogens (primary N) is 2. The van der Waals surface area contributed by atoms with Crippen molar-refractivity contribution in [2.24, 2.45) is 11.6 Å². The van der Waals surface area contributed by atoms with Gasteiger partial charge in [-0.15, -0.1) is 0 Å². The molecule has 1 unspecified atom stereocenters. The average molecular weight is 274 g/mol. The second-order valence-electron chi connectivity index (χ2n) is 5.38. The molecule has 2 aliphatic rings. The lowest BCUT2D eigenvalue weighted by Crippen LogP contribution is -2.60. The summed E-state index contributed by atoms with van der Waals surface area (Å²) in [6.45, 7) is 0.496. The van der Waals surface area contributed by atoms with E-state index in [-0.39, 0.29) is 11.9 Å². The summed E-state index contributed by atoms with van der Waals surface area (Å²) in [4.78, 5) is 12.0. The van der Waals surface area contributed by atoms with Gasteiger partial charge >= 0.3 is 0 Å². The third-order valence-electron chi connectivity index (χ3n) is 3.96. The van der Waals surface area contributed by atoms with Crippen molar-refractivity contribution in [1.82, 2.24) is 10.1 Å². The zero-order valence-corrected chi connectivity index (χ0v) is 11.7. The molecule has 0 spiro atoms. The van der Waals surface area contributed by atoms with E-state index in [1.165, 1.54) is 6.42 Å². The van der Waals surface area contributed by atoms with Crippen molar-refractivity contribution >= 4 is 13.9 Å². The summed E-state index contributed by atoms with van der Waals surface area (Å²) >= 11 is 0. The lowest BCUT2D eigenvalue weighted by atomic mass is 9.96. The summed E-state index contributed by atoms with van der Waals surface area (Å²) < 4.78 is 12.4. The van der Waals surface area contributed by atoms with Crippen LogP contribution in [0.4, 0.5) is 0 Å². The maximum Gasteiger partial charge on any atom is 0.265 e. The lowest BCUT2D eigenvalue weighted by Gasteiger charge is -2.37. The second-order valence-corrected chi connectivity index (χ2v) is 7.22. The van der Waals surface area contributed by atoms with Gasteiger partial charge in [0, 0.05) is 12.6 Å². The van der Waals surface area contributed by atoms with Crippen molar-refractivity contribution in [3.05, 3.63) is 0 Å². The molecule has 104 valence electrons. The van der Waals surface area contributed by atoms with Gasteiger partial charge in [0.1, 0.15) is 0 Å². The molecule has 18 heavy (non-hydrogen) atoms. The summed E-state index contributed by atoms with van der Waals surface area (Å²) in [6, 6.07) is 0.242. The SMILES string of the molecule is NN1CCC[C@](N)([PH](=O)NC2CCCCC2)C1=O. The van der Waals surface area contributed by atoms with E-state index in [2.05, 4.69) is 5.09 Å². The Kier molecular flexibility index (Phi) is 4.43. The molecule has 0 aromatic heterocycles. The van der Waals surface area contributed by atoms with Gasteiger partial charge in [-0.1, -0.05) is 19.3 Å². The molecule has 0 radical (unpaired) electrons. The van der Waals surface area contributed by atoms with Crippen molar-refractivity contribution < 1.29 is 9.36 Å².